The van der Waals surface area contributed by atoms with E-state index in [9.17, 15) is 14.9 Å². The molecule has 1 unspecified atom stereocenters. The number of nitro groups is 1. The molecule has 0 aliphatic carbocycles. The molecular formula is C13H11N3O4. The number of amides is 1. The second-order valence-corrected chi connectivity index (χ2v) is 3.53. The Balaban J connectivity index is 2.74. The van der Waals surface area contributed by atoms with Gasteiger partial charge in [-0.05, 0) is 13.0 Å². The number of ether oxygens (including phenoxy) is 1. The van der Waals surface area contributed by atoms with Crippen molar-refractivity contribution in [2.75, 3.05) is 6.61 Å². The fourth-order valence-corrected chi connectivity index (χ4v) is 1.27. The summed E-state index contributed by atoms with van der Waals surface area (Å²) < 4.78 is 5.00. The molecule has 0 bridgehead atoms. The maximum Gasteiger partial charge on any atom is 0.270 e. The molecule has 1 N–H and O–H groups in total. The van der Waals surface area contributed by atoms with Gasteiger partial charge in [0.25, 0.3) is 11.6 Å². The van der Waals surface area contributed by atoms with Crippen molar-refractivity contribution in [3.8, 4) is 17.9 Å². The smallest absolute Gasteiger partial charge is 0.270 e. The molecule has 0 radical (unpaired) electrons. The molecule has 20 heavy (non-hydrogen) atoms. The van der Waals surface area contributed by atoms with Gasteiger partial charge in [0.05, 0.1) is 4.92 Å². The molecule has 0 aliphatic rings. The molecular weight excluding hydrogens is 262 g/mol. The van der Waals surface area contributed by atoms with Gasteiger partial charge in [-0.1, -0.05) is 12.0 Å². The average Bonchev–Trinajstić information content (AvgIpc) is 2.46. The summed E-state index contributed by atoms with van der Waals surface area (Å²) in [4.78, 5) is 21.8. The van der Waals surface area contributed by atoms with Crippen LogP contribution < -0.4 is 5.32 Å². The lowest BCUT2D eigenvalue weighted by molar-refractivity contribution is -0.384. The highest BCUT2D eigenvalue weighted by molar-refractivity contribution is 5.95. The lowest BCUT2D eigenvalue weighted by Gasteiger charge is -2.10. The second-order valence-electron chi connectivity index (χ2n) is 3.53. The highest BCUT2D eigenvalue weighted by Gasteiger charge is 2.15. The molecule has 1 aromatic rings. The minimum absolute atomic E-state index is 0.00391. The summed E-state index contributed by atoms with van der Waals surface area (Å²) in [7, 11) is 0. The van der Waals surface area contributed by atoms with E-state index in [0.717, 1.165) is 6.07 Å². The third kappa shape index (κ3) is 4.41. The maximum absolute atomic E-state index is 11.8. The lowest BCUT2D eigenvalue weighted by Crippen LogP contribution is -2.35. The zero-order chi connectivity index (χ0) is 15.0. The normalized spacial score (nSPS) is 10.6. The van der Waals surface area contributed by atoms with Crippen LogP contribution in [0.3, 0.4) is 0 Å². The summed E-state index contributed by atoms with van der Waals surface area (Å²) in [5.74, 6) is 4.53. The van der Waals surface area contributed by atoms with Gasteiger partial charge in [-0.2, -0.15) is 5.26 Å². The minimum Gasteiger partial charge on any atom is -0.332 e. The molecule has 7 nitrogen and oxygen atoms in total. The Kier molecular flexibility index (Phi) is 5.70. The van der Waals surface area contributed by atoms with Crippen LogP contribution in [0, 0.1) is 33.3 Å². The van der Waals surface area contributed by atoms with Crippen LogP contribution in [0.4, 0.5) is 5.69 Å². The van der Waals surface area contributed by atoms with E-state index in [0.29, 0.717) is 0 Å². The zero-order valence-corrected chi connectivity index (χ0v) is 10.6. The molecule has 1 rings (SSSR count). The van der Waals surface area contributed by atoms with Crippen molar-refractivity contribution >= 4 is 11.6 Å². The van der Waals surface area contributed by atoms with Gasteiger partial charge < -0.3 is 10.1 Å². The first-order valence-electron chi connectivity index (χ1n) is 5.54. The molecule has 1 atom stereocenters. The zero-order valence-electron chi connectivity index (χ0n) is 10.6. The topological polar surface area (TPSA) is 105 Å². The number of rotatable bonds is 5. The molecule has 0 spiro atoms. The Bertz CT molecular complexity index is 610. The molecule has 1 amide bonds. The van der Waals surface area contributed by atoms with Gasteiger partial charge in [-0.15, -0.1) is 5.92 Å². The van der Waals surface area contributed by atoms with Crippen LogP contribution in [-0.4, -0.2) is 23.7 Å². The van der Waals surface area contributed by atoms with Crippen molar-refractivity contribution in [2.45, 2.75) is 13.2 Å². The molecule has 0 heterocycles. The Labute approximate surface area is 115 Å². The fourth-order valence-electron chi connectivity index (χ4n) is 1.27. The standard InChI is InChI=1S/C13H11N3O4/c1-2-3-7-20-12(9-14)15-13(17)10-5-4-6-11(8-10)16(18)19/h4-6,8,12H,7H2,1H3,(H,15,17). The monoisotopic (exact) mass is 273 g/mol. The van der Waals surface area contributed by atoms with Crippen LogP contribution in [0.1, 0.15) is 17.3 Å². The summed E-state index contributed by atoms with van der Waals surface area (Å²) in [5.41, 5.74) is -0.131. The third-order valence-electron chi connectivity index (χ3n) is 2.20. The molecule has 1 aromatic carbocycles. The quantitative estimate of drug-likeness (QED) is 0.376. The fraction of sp³-hybridized carbons (Fsp3) is 0.231. The summed E-state index contributed by atoms with van der Waals surface area (Å²) in [6.45, 7) is 1.62. The Morgan fingerprint density at radius 2 is 2.35 bits per heavy atom. The number of nitriles is 1. The number of nitrogens with one attached hydrogen (secondary N) is 1. The Morgan fingerprint density at radius 3 is 2.95 bits per heavy atom. The molecule has 0 aromatic heterocycles. The molecule has 0 saturated heterocycles. The predicted molar refractivity (Wildman–Crippen MR) is 69.4 cm³/mol. The summed E-state index contributed by atoms with van der Waals surface area (Å²) in [6.07, 6.45) is -1.16. The van der Waals surface area contributed by atoms with Crippen molar-refractivity contribution in [3.63, 3.8) is 0 Å². The molecule has 7 heteroatoms. The van der Waals surface area contributed by atoms with E-state index >= 15 is 0 Å². The van der Waals surface area contributed by atoms with Gasteiger partial charge >= 0.3 is 0 Å². The van der Waals surface area contributed by atoms with Gasteiger partial charge in [0.1, 0.15) is 12.7 Å². The SMILES string of the molecule is CC#CCOC(C#N)NC(=O)c1cccc([N+](=O)[O-])c1. The van der Waals surface area contributed by atoms with E-state index < -0.39 is 17.1 Å². The van der Waals surface area contributed by atoms with E-state index in [2.05, 4.69) is 17.2 Å². The number of carbonyl (C=O) groups excluding carboxylic acids is 1. The van der Waals surface area contributed by atoms with Crippen LogP contribution in [0.15, 0.2) is 24.3 Å². The summed E-state index contributed by atoms with van der Waals surface area (Å²) >= 11 is 0. The highest BCUT2D eigenvalue weighted by atomic mass is 16.6. The Morgan fingerprint density at radius 1 is 1.60 bits per heavy atom. The van der Waals surface area contributed by atoms with Gasteiger partial charge in [0.2, 0.25) is 6.23 Å². The van der Waals surface area contributed by atoms with Gasteiger partial charge in [-0.25, -0.2) is 0 Å². The largest absolute Gasteiger partial charge is 0.332 e. The predicted octanol–water partition coefficient (Wildman–Crippen LogP) is 1.21. The number of nitrogens with zero attached hydrogens (tertiary/aromatic N) is 2. The van der Waals surface area contributed by atoms with Crippen molar-refractivity contribution in [3.05, 3.63) is 39.9 Å². The van der Waals surface area contributed by atoms with E-state index in [1.165, 1.54) is 18.2 Å². The maximum atomic E-state index is 11.8. The number of hydrogen-bond donors (Lipinski definition) is 1. The average molecular weight is 273 g/mol. The third-order valence-corrected chi connectivity index (χ3v) is 2.20. The molecule has 0 aliphatic heterocycles. The van der Waals surface area contributed by atoms with Gasteiger partial charge in [0, 0.05) is 17.7 Å². The van der Waals surface area contributed by atoms with Crippen LogP contribution in [-0.2, 0) is 4.74 Å². The van der Waals surface area contributed by atoms with Crippen LogP contribution in [0.2, 0.25) is 0 Å². The van der Waals surface area contributed by atoms with Gasteiger partial charge in [-0.3, -0.25) is 14.9 Å². The number of nitro benzene ring substituents is 1. The highest BCUT2D eigenvalue weighted by Crippen LogP contribution is 2.13. The first kappa shape index (κ1) is 15.2. The van der Waals surface area contributed by atoms with Crippen LogP contribution >= 0.6 is 0 Å². The molecule has 0 fully saturated rings. The first-order chi connectivity index (χ1) is 9.58. The minimum atomic E-state index is -1.16. The van der Waals surface area contributed by atoms with Crippen LogP contribution in [0.25, 0.3) is 0 Å². The van der Waals surface area contributed by atoms with E-state index in [4.69, 9.17) is 10.00 Å². The lowest BCUT2D eigenvalue weighted by atomic mass is 10.2. The molecule has 0 saturated carbocycles. The van der Waals surface area contributed by atoms with E-state index in [1.54, 1.807) is 13.0 Å². The summed E-state index contributed by atoms with van der Waals surface area (Å²) in [5, 5.41) is 21.7. The van der Waals surface area contributed by atoms with Crippen LogP contribution in [0.5, 0.6) is 0 Å². The van der Waals surface area contributed by atoms with Crippen molar-refractivity contribution in [2.24, 2.45) is 0 Å². The van der Waals surface area contributed by atoms with Gasteiger partial charge in [0.15, 0.2) is 0 Å². The number of non-ortho nitro benzene ring substituents is 1. The summed E-state index contributed by atoms with van der Waals surface area (Å²) in [6, 6.07) is 6.93. The van der Waals surface area contributed by atoms with E-state index in [1.807, 2.05) is 0 Å². The van der Waals surface area contributed by atoms with Crippen molar-refractivity contribution in [1.82, 2.24) is 5.32 Å². The second kappa shape index (κ2) is 7.52. The first-order valence-corrected chi connectivity index (χ1v) is 5.54. The van der Waals surface area contributed by atoms with Crippen molar-refractivity contribution in [1.29, 1.82) is 5.26 Å². The molecule has 102 valence electrons. The Hall–Kier alpha value is -2.90. The van der Waals surface area contributed by atoms with E-state index in [-0.39, 0.29) is 17.9 Å². The van der Waals surface area contributed by atoms with Crippen molar-refractivity contribution < 1.29 is 14.5 Å². The number of benzene rings is 1. The number of carbonyl (C=O) groups is 1. The number of hydrogen-bond acceptors (Lipinski definition) is 5.